The van der Waals surface area contributed by atoms with Gasteiger partial charge in [-0.1, -0.05) is 41.7 Å². The quantitative estimate of drug-likeness (QED) is 0.795. The van der Waals surface area contributed by atoms with Crippen LogP contribution in [0, 0.1) is 0 Å². The van der Waals surface area contributed by atoms with Crippen molar-refractivity contribution in [1.82, 2.24) is 9.97 Å². The fraction of sp³-hybridized carbons (Fsp3) is 0.143. The van der Waals surface area contributed by atoms with Gasteiger partial charge in [-0.05, 0) is 11.6 Å². The van der Waals surface area contributed by atoms with Gasteiger partial charge in [0.2, 0.25) is 0 Å². The highest BCUT2D eigenvalue weighted by molar-refractivity contribution is 7.22. The molecule has 3 rings (SSSR count). The monoisotopic (exact) mass is 270 g/mol. The number of nitrogens with two attached hydrogens (primary N) is 1. The molecule has 0 atom stereocenters. The summed E-state index contributed by atoms with van der Waals surface area (Å²) in [6, 6.07) is 12.3. The van der Waals surface area contributed by atoms with Crippen molar-refractivity contribution < 1.29 is 0 Å². The molecule has 3 aromatic rings. The summed E-state index contributed by atoms with van der Waals surface area (Å²) in [5, 5.41) is 1.79. The Labute approximate surface area is 115 Å². The van der Waals surface area contributed by atoms with Crippen LogP contribution in [0.25, 0.3) is 10.2 Å². The van der Waals surface area contributed by atoms with Crippen LogP contribution in [-0.2, 0) is 6.54 Å². The summed E-state index contributed by atoms with van der Waals surface area (Å²) >= 11 is 1.49. The highest BCUT2D eigenvalue weighted by Crippen LogP contribution is 2.31. The van der Waals surface area contributed by atoms with Gasteiger partial charge in [0.25, 0.3) is 0 Å². The standard InChI is InChI=1S/C14H14N4S/c1-18(8-10-5-3-2-4-6-10)13-11-7-12(15)19-14(11)17-9-16-13/h2-7,9H,8,15H2,1H3. The molecule has 0 aliphatic heterocycles. The lowest BCUT2D eigenvalue weighted by Crippen LogP contribution is -2.17. The van der Waals surface area contributed by atoms with Crippen LogP contribution in [0.4, 0.5) is 10.8 Å². The molecule has 96 valence electrons. The maximum absolute atomic E-state index is 5.84. The first-order chi connectivity index (χ1) is 9.24. The van der Waals surface area contributed by atoms with Crippen LogP contribution in [0.3, 0.4) is 0 Å². The molecule has 0 saturated carbocycles. The van der Waals surface area contributed by atoms with Gasteiger partial charge in [0.05, 0.1) is 10.4 Å². The van der Waals surface area contributed by atoms with E-state index in [2.05, 4.69) is 27.0 Å². The first kappa shape index (κ1) is 11.9. The summed E-state index contributed by atoms with van der Waals surface area (Å²) in [5.74, 6) is 0.918. The molecule has 19 heavy (non-hydrogen) atoms. The lowest BCUT2D eigenvalue weighted by atomic mass is 10.2. The van der Waals surface area contributed by atoms with Gasteiger partial charge in [-0.15, -0.1) is 0 Å². The van der Waals surface area contributed by atoms with Crippen molar-refractivity contribution >= 4 is 32.4 Å². The Morgan fingerprint density at radius 2 is 2.00 bits per heavy atom. The van der Waals surface area contributed by atoms with E-state index in [9.17, 15) is 0 Å². The van der Waals surface area contributed by atoms with E-state index in [4.69, 9.17) is 5.73 Å². The van der Waals surface area contributed by atoms with Crippen molar-refractivity contribution in [2.75, 3.05) is 17.7 Å². The minimum Gasteiger partial charge on any atom is -0.391 e. The van der Waals surface area contributed by atoms with E-state index in [0.29, 0.717) is 0 Å². The lowest BCUT2D eigenvalue weighted by Gasteiger charge is -2.18. The van der Waals surface area contributed by atoms with Crippen LogP contribution < -0.4 is 10.6 Å². The molecular formula is C14H14N4S. The molecule has 0 aliphatic carbocycles. The predicted octanol–water partition coefficient (Wildman–Crippen LogP) is 2.91. The molecule has 0 radical (unpaired) electrons. The maximum Gasteiger partial charge on any atom is 0.140 e. The van der Waals surface area contributed by atoms with Crippen LogP contribution in [-0.4, -0.2) is 17.0 Å². The third-order valence-electron chi connectivity index (χ3n) is 2.95. The van der Waals surface area contributed by atoms with Gasteiger partial charge in [-0.3, -0.25) is 0 Å². The average Bonchev–Trinajstić information content (AvgIpc) is 2.79. The number of benzene rings is 1. The Kier molecular flexibility index (Phi) is 3.05. The highest BCUT2D eigenvalue weighted by atomic mass is 32.1. The first-order valence-electron chi connectivity index (χ1n) is 5.99. The van der Waals surface area contributed by atoms with Crippen LogP contribution in [0.5, 0.6) is 0 Å². The smallest absolute Gasteiger partial charge is 0.140 e. The number of nitrogens with zero attached hydrogens (tertiary/aromatic N) is 3. The molecule has 5 heteroatoms. The zero-order valence-electron chi connectivity index (χ0n) is 10.6. The van der Waals surface area contributed by atoms with Gasteiger partial charge in [0.15, 0.2) is 0 Å². The van der Waals surface area contributed by atoms with Crippen LogP contribution in [0.1, 0.15) is 5.56 Å². The summed E-state index contributed by atoms with van der Waals surface area (Å²) in [6.07, 6.45) is 1.59. The molecule has 0 bridgehead atoms. The lowest BCUT2D eigenvalue weighted by molar-refractivity contribution is 0.901. The van der Waals surface area contributed by atoms with Gasteiger partial charge >= 0.3 is 0 Å². The van der Waals surface area contributed by atoms with Crippen LogP contribution in [0.15, 0.2) is 42.7 Å². The fourth-order valence-corrected chi connectivity index (χ4v) is 2.86. The minimum atomic E-state index is 0.768. The number of rotatable bonds is 3. The number of anilines is 2. The molecule has 0 spiro atoms. The second-order valence-corrected chi connectivity index (χ2v) is 5.47. The normalized spacial score (nSPS) is 10.8. The molecule has 0 fully saturated rings. The highest BCUT2D eigenvalue weighted by Gasteiger charge is 2.11. The first-order valence-corrected chi connectivity index (χ1v) is 6.81. The number of hydrogen-bond donors (Lipinski definition) is 1. The molecule has 1 aromatic carbocycles. The van der Waals surface area contributed by atoms with Crippen molar-refractivity contribution in [2.24, 2.45) is 0 Å². The van der Waals surface area contributed by atoms with Crippen molar-refractivity contribution in [3.8, 4) is 0 Å². The number of hydrogen-bond acceptors (Lipinski definition) is 5. The Morgan fingerprint density at radius 1 is 1.21 bits per heavy atom. The Hall–Kier alpha value is -2.14. The largest absolute Gasteiger partial charge is 0.391 e. The van der Waals surface area contributed by atoms with Gasteiger partial charge in [0.1, 0.15) is 17.0 Å². The van der Waals surface area contributed by atoms with Gasteiger partial charge < -0.3 is 10.6 Å². The molecule has 2 heterocycles. The van der Waals surface area contributed by atoms with Gasteiger partial charge in [-0.2, -0.15) is 0 Å². The Morgan fingerprint density at radius 3 is 2.79 bits per heavy atom. The van der Waals surface area contributed by atoms with Crippen LogP contribution in [0.2, 0.25) is 0 Å². The van der Waals surface area contributed by atoms with Crippen molar-refractivity contribution in [2.45, 2.75) is 6.54 Å². The van der Waals surface area contributed by atoms with Crippen molar-refractivity contribution in [3.63, 3.8) is 0 Å². The molecule has 2 aromatic heterocycles. The molecule has 2 N–H and O–H groups in total. The number of nitrogen functional groups attached to an aromatic ring is 1. The average molecular weight is 270 g/mol. The molecule has 0 aliphatic rings. The molecule has 0 saturated heterocycles. The topological polar surface area (TPSA) is 55.0 Å². The van der Waals surface area contributed by atoms with E-state index in [1.165, 1.54) is 16.9 Å². The van der Waals surface area contributed by atoms with Crippen molar-refractivity contribution in [3.05, 3.63) is 48.3 Å². The number of thiophene rings is 1. The number of aromatic nitrogens is 2. The third kappa shape index (κ3) is 2.37. The third-order valence-corrected chi connectivity index (χ3v) is 3.82. The molecule has 0 unspecified atom stereocenters. The predicted molar refractivity (Wildman–Crippen MR) is 80.4 cm³/mol. The zero-order valence-corrected chi connectivity index (χ0v) is 11.4. The molecular weight excluding hydrogens is 256 g/mol. The fourth-order valence-electron chi connectivity index (χ4n) is 2.10. The molecule has 4 nitrogen and oxygen atoms in total. The van der Waals surface area contributed by atoms with E-state index in [1.807, 2.05) is 31.3 Å². The number of fused-ring (bicyclic) bond motifs is 1. The zero-order chi connectivity index (χ0) is 13.2. The summed E-state index contributed by atoms with van der Waals surface area (Å²) in [5.41, 5.74) is 7.09. The van der Waals surface area contributed by atoms with Crippen LogP contribution >= 0.6 is 11.3 Å². The van der Waals surface area contributed by atoms with E-state index in [0.717, 1.165) is 27.6 Å². The second-order valence-electron chi connectivity index (χ2n) is 4.41. The van der Waals surface area contributed by atoms with Crippen molar-refractivity contribution in [1.29, 1.82) is 0 Å². The van der Waals surface area contributed by atoms with E-state index in [-0.39, 0.29) is 0 Å². The summed E-state index contributed by atoms with van der Waals surface area (Å²) in [4.78, 5) is 11.7. The summed E-state index contributed by atoms with van der Waals surface area (Å²) in [6.45, 7) is 0.808. The molecule has 0 amide bonds. The minimum absolute atomic E-state index is 0.768. The SMILES string of the molecule is CN(Cc1ccccc1)c1ncnc2sc(N)cc12. The maximum atomic E-state index is 5.84. The Balaban J connectivity index is 1.95. The van der Waals surface area contributed by atoms with Gasteiger partial charge in [-0.25, -0.2) is 9.97 Å². The summed E-state index contributed by atoms with van der Waals surface area (Å²) in [7, 11) is 2.03. The van der Waals surface area contributed by atoms with Gasteiger partial charge in [0, 0.05) is 13.6 Å². The van der Waals surface area contributed by atoms with E-state index >= 15 is 0 Å². The van der Waals surface area contributed by atoms with E-state index < -0.39 is 0 Å². The Bertz CT molecular complexity index is 693. The van der Waals surface area contributed by atoms with E-state index in [1.54, 1.807) is 6.33 Å². The summed E-state index contributed by atoms with van der Waals surface area (Å²) < 4.78 is 0. The second kappa shape index (κ2) is 4.85.